The molecule has 1 heterocycles. The molecule has 0 aromatic carbocycles. The van der Waals surface area contributed by atoms with Gasteiger partial charge in [0.25, 0.3) is 0 Å². The zero-order valence-corrected chi connectivity index (χ0v) is 5.71. The molecule has 0 bridgehead atoms. The zero-order valence-electron chi connectivity index (χ0n) is 5.71. The van der Waals surface area contributed by atoms with Gasteiger partial charge in [-0.15, -0.1) is 0 Å². The highest BCUT2D eigenvalue weighted by molar-refractivity contribution is 4.63. The first-order valence-electron chi connectivity index (χ1n) is 3.65. The first-order valence-corrected chi connectivity index (χ1v) is 3.65. The molecule has 2 nitrogen and oxygen atoms in total. The van der Waals surface area contributed by atoms with Gasteiger partial charge in [0.2, 0.25) is 0 Å². The Hall–Kier alpha value is -0.0800. The van der Waals surface area contributed by atoms with Crippen molar-refractivity contribution < 1.29 is 5.11 Å². The lowest BCUT2D eigenvalue weighted by Crippen LogP contribution is -2.20. The first-order chi connectivity index (χ1) is 4.43. The van der Waals surface area contributed by atoms with Gasteiger partial charge in [0, 0.05) is 13.1 Å². The Morgan fingerprint density at radius 1 is 1.00 bits per heavy atom. The fourth-order valence-electron chi connectivity index (χ4n) is 1.21. The minimum atomic E-state index is 1.04. The number of aliphatic hydroxyl groups is 1. The van der Waals surface area contributed by atoms with Gasteiger partial charge in [0.15, 0.2) is 0 Å². The average molecular weight is 128 g/mol. The van der Waals surface area contributed by atoms with Crippen LogP contribution < -0.4 is 0 Å². The summed E-state index contributed by atoms with van der Waals surface area (Å²) >= 11 is 0. The molecule has 0 atom stereocenters. The summed E-state index contributed by atoms with van der Waals surface area (Å²) in [6.07, 6.45) is 5.11. The molecule has 0 aromatic rings. The van der Waals surface area contributed by atoms with Gasteiger partial charge in [0.1, 0.15) is 6.73 Å². The van der Waals surface area contributed by atoms with Crippen molar-refractivity contribution in [3.63, 3.8) is 0 Å². The summed E-state index contributed by atoms with van der Waals surface area (Å²) in [6, 6.07) is 0. The van der Waals surface area contributed by atoms with Crippen molar-refractivity contribution in [2.75, 3.05) is 13.1 Å². The Morgan fingerprint density at radius 3 is 2.00 bits per heavy atom. The van der Waals surface area contributed by atoms with Crippen LogP contribution in [0.2, 0.25) is 0 Å². The fourth-order valence-corrected chi connectivity index (χ4v) is 1.21. The number of aliphatic hydroxyl groups excluding tert-OH is 1. The van der Waals surface area contributed by atoms with Gasteiger partial charge in [-0.2, -0.15) is 0 Å². The maximum Gasteiger partial charge on any atom is 0.147 e. The maximum absolute atomic E-state index is 8.62. The highest BCUT2D eigenvalue weighted by atomic mass is 16.3. The predicted molar refractivity (Wildman–Crippen MR) is 36.3 cm³/mol. The second kappa shape index (κ2) is 3.85. The number of likely N-dealkylation sites (tertiary alicyclic amines) is 1. The minimum absolute atomic E-state index is 1.04. The lowest BCUT2D eigenvalue weighted by molar-refractivity contribution is 0.192. The molecular formula is C7H14NO. The van der Waals surface area contributed by atoms with E-state index in [2.05, 4.69) is 0 Å². The van der Waals surface area contributed by atoms with Crippen LogP contribution in [0.4, 0.5) is 0 Å². The predicted octanol–water partition coefficient (Wildman–Crippen LogP) is 1.35. The van der Waals surface area contributed by atoms with Gasteiger partial charge in [-0.1, -0.05) is 12.8 Å². The van der Waals surface area contributed by atoms with Crippen LogP contribution in [-0.4, -0.2) is 23.1 Å². The van der Waals surface area contributed by atoms with Gasteiger partial charge >= 0.3 is 0 Å². The zero-order chi connectivity index (χ0) is 6.53. The third-order valence-corrected chi connectivity index (χ3v) is 1.80. The highest BCUT2D eigenvalue weighted by Crippen LogP contribution is 2.09. The van der Waals surface area contributed by atoms with Crippen molar-refractivity contribution in [1.82, 2.24) is 4.90 Å². The van der Waals surface area contributed by atoms with E-state index >= 15 is 0 Å². The summed E-state index contributed by atoms with van der Waals surface area (Å²) in [6.45, 7) is 3.29. The number of hydrogen-bond acceptors (Lipinski definition) is 2. The summed E-state index contributed by atoms with van der Waals surface area (Å²) in [5.41, 5.74) is 0. The summed E-state index contributed by atoms with van der Waals surface area (Å²) in [5.74, 6) is 0. The highest BCUT2D eigenvalue weighted by Gasteiger charge is 2.06. The van der Waals surface area contributed by atoms with Crippen LogP contribution >= 0.6 is 0 Å². The Labute approximate surface area is 56.5 Å². The number of hydrogen-bond donors (Lipinski definition) is 1. The van der Waals surface area contributed by atoms with Crippen molar-refractivity contribution in [2.45, 2.75) is 25.7 Å². The lowest BCUT2D eigenvalue weighted by Gasteiger charge is -2.13. The SMILES string of the molecule is O[CH]N1CCCCCC1. The second-order valence-electron chi connectivity index (χ2n) is 2.57. The van der Waals surface area contributed by atoms with E-state index in [-0.39, 0.29) is 0 Å². The molecule has 53 valence electrons. The van der Waals surface area contributed by atoms with Crippen molar-refractivity contribution in [3.8, 4) is 0 Å². The molecule has 1 fully saturated rings. The molecular weight excluding hydrogens is 114 g/mol. The van der Waals surface area contributed by atoms with Gasteiger partial charge < -0.3 is 5.11 Å². The Morgan fingerprint density at radius 2 is 1.56 bits per heavy atom. The molecule has 0 aromatic heterocycles. The first kappa shape index (κ1) is 7.03. The van der Waals surface area contributed by atoms with E-state index in [1.54, 1.807) is 0 Å². The monoisotopic (exact) mass is 128 g/mol. The van der Waals surface area contributed by atoms with E-state index in [0.29, 0.717) is 0 Å². The maximum atomic E-state index is 8.62. The molecule has 0 spiro atoms. The molecule has 9 heavy (non-hydrogen) atoms. The molecule has 1 aliphatic heterocycles. The van der Waals surface area contributed by atoms with E-state index in [9.17, 15) is 0 Å². The third-order valence-electron chi connectivity index (χ3n) is 1.80. The molecule has 0 amide bonds. The van der Waals surface area contributed by atoms with Crippen LogP contribution in [0.15, 0.2) is 0 Å². The minimum Gasteiger partial charge on any atom is -0.374 e. The second-order valence-corrected chi connectivity index (χ2v) is 2.57. The summed E-state index contributed by atoms with van der Waals surface area (Å²) in [7, 11) is 0. The number of rotatable bonds is 1. The average Bonchev–Trinajstić information content (AvgIpc) is 2.13. The molecule has 0 aliphatic carbocycles. The van der Waals surface area contributed by atoms with E-state index < -0.39 is 0 Å². The molecule has 1 saturated heterocycles. The molecule has 0 unspecified atom stereocenters. The van der Waals surface area contributed by atoms with Gasteiger partial charge in [-0.05, 0) is 12.8 Å². The van der Waals surface area contributed by atoms with E-state index in [0.717, 1.165) is 13.1 Å². The van der Waals surface area contributed by atoms with Crippen LogP contribution in [-0.2, 0) is 0 Å². The molecule has 1 aliphatic rings. The van der Waals surface area contributed by atoms with Crippen LogP contribution in [0.3, 0.4) is 0 Å². The van der Waals surface area contributed by atoms with Crippen molar-refractivity contribution in [2.24, 2.45) is 0 Å². The Balaban J connectivity index is 2.18. The lowest BCUT2D eigenvalue weighted by atomic mass is 10.2. The number of nitrogens with zero attached hydrogens (tertiary/aromatic N) is 1. The van der Waals surface area contributed by atoms with Crippen LogP contribution in [0.25, 0.3) is 0 Å². The van der Waals surface area contributed by atoms with Crippen molar-refractivity contribution in [3.05, 3.63) is 6.73 Å². The summed E-state index contributed by atoms with van der Waals surface area (Å²) < 4.78 is 0. The largest absolute Gasteiger partial charge is 0.374 e. The Bertz CT molecular complexity index is 67.3. The Kier molecular flexibility index (Phi) is 3.01. The molecule has 1 rings (SSSR count). The van der Waals surface area contributed by atoms with E-state index in [1.165, 1.54) is 32.4 Å². The molecule has 1 radical (unpaired) electrons. The quantitative estimate of drug-likeness (QED) is 0.576. The van der Waals surface area contributed by atoms with Gasteiger partial charge in [-0.25, -0.2) is 0 Å². The van der Waals surface area contributed by atoms with Crippen molar-refractivity contribution in [1.29, 1.82) is 0 Å². The summed E-state index contributed by atoms with van der Waals surface area (Å²) in [5, 5.41) is 8.62. The molecule has 1 N–H and O–H groups in total. The molecule has 2 heteroatoms. The topological polar surface area (TPSA) is 23.5 Å². The fraction of sp³-hybridized carbons (Fsp3) is 0.857. The van der Waals surface area contributed by atoms with E-state index in [1.807, 2.05) is 4.90 Å². The standard InChI is InChI=1S/C7H14NO/c9-7-8-5-3-1-2-4-6-8/h7,9H,1-6H2. The smallest absolute Gasteiger partial charge is 0.147 e. The normalized spacial score (nSPS) is 23.7. The van der Waals surface area contributed by atoms with Gasteiger partial charge in [-0.3, -0.25) is 4.90 Å². The van der Waals surface area contributed by atoms with Gasteiger partial charge in [0.05, 0.1) is 0 Å². The van der Waals surface area contributed by atoms with E-state index in [4.69, 9.17) is 5.11 Å². The third kappa shape index (κ3) is 2.33. The van der Waals surface area contributed by atoms with Crippen LogP contribution in [0.1, 0.15) is 25.7 Å². The summed E-state index contributed by atoms with van der Waals surface area (Å²) in [4.78, 5) is 1.98. The van der Waals surface area contributed by atoms with Crippen LogP contribution in [0, 0.1) is 6.73 Å². The van der Waals surface area contributed by atoms with Crippen LogP contribution in [0.5, 0.6) is 0 Å². The molecule has 0 saturated carbocycles. The van der Waals surface area contributed by atoms with Crippen molar-refractivity contribution >= 4 is 0 Å².